The second kappa shape index (κ2) is 5.68. The smallest absolute Gasteiger partial charge is 0.170 e. The van der Waals surface area contributed by atoms with Gasteiger partial charge < -0.3 is 0 Å². The second-order valence-electron chi connectivity index (χ2n) is 3.96. The Kier molecular flexibility index (Phi) is 4.17. The SMILES string of the molecule is O=C(Cc1cc(F)ccc1Cl)c1cc(Cl)ccc1F. The summed E-state index contributed by atoms with van der Waals surface area (Å²) in [5.41, 5.74) is 0.180. The number of hydrogen-bond donors (Lipinski definition) is 0. The maximum Gasteiger partial charge on any atom is 0.170 e. The fraction of sp³-hybridized carbons (Fsp3) is 0.0714. The molecule has 0 saturated carbocycles. The molecule has 2 aromatic rings. The minimum Gasteiger partial charge on any atom is -0.294 e. The summed E-state index contributed by atoms with van der Waals surface area (Å²) in [6, 6.07) is 7.41. The van der Waals surface area contributed by atoms with Gasteiger partial charge in [0.25, 0.3) is 0 Å². The monoisotopic (exact) mass is 300 g/mol. The van der Waals surface area contributed by atoms with Gasteiger partial charge in [0, 0.05) is 16.5 Å². The lowest BCUT2D eigenvalue weighted by atomic mass is 10.0. The molecule has 0 heterocycles. The lowest BCUT2D eigenvalue weighted by molar-refractivity contribution is 0.0989. The van der Waals surface area contributed by atoms with Crippen molar-refractivity contribution in [1.29, 1.82) is 0 Å². The number of carbonyl (C=O) groups is 1. The van der Waals surface area contributed by atoms with E-state index in [4.69, 9.17) is 23.2 Å². The van der Waals surface area contributed by atoms with Crippen molar-refractivity contribution in [3.8, 4) is 0 Å². The fourth-order valence-corrected chi connectivity index (χ4v) is 2.01. The number of halogens is 4. The van der Waals surface area contributed by atoms with E-state index in [2.05, 4.69) is 0 Å². The Morgan fingerprint density at radius 1 is 1.05 bits per heavy atom. The van der Waals surface area contributed by atoms with Gasteiger partial charge in [0.1, 0.15) is 11.6 Å². The normalized spacial score (nSPS) is 10.5. The van der Waals surface area contributed by atoms with E-state index in [0.29, 0.717) is 5.56 Å². The third-order valence-corrected chi connectivity index (χ3v) is 3.19. The van der Waals surface area contributed by atoms with Crippen LogP contribution in [0, 0.1) is 11.6 Å². The van der Waals surface area contributed by atoms with Gasteiger partial charge in [-0.1, -0.05) is 23.2 Å². The molecule has 0 saturated heterocycles. The number of Topliss-reactive ketones (excluding diaryl/α,β-unsaturated/α-hetero) is 1. The number of ketones is 1. The number of rotatable bonds is 3. The second-order valence-corrected chi connectivity index (χ2v) is 4.80. The molecule has 0 aromatic heterocycles. The highest BCUT2D eigenvalue weighted by Gasteiger charge is 2.15. The van der Waals surface area contributed by atoms with Crippen LogP contribution in [-0.2, 0) is 6.42 Å². The van der Waals surface area contributed by atoms with Crippen LogP contribution in [0.3, 0.4) is 0 Å². The fourth-order valence-electron chi connectivity index (χ4n) is 1.66. The van der Waals surface area contributed by atoms with Gasteiger partial charge in [-0.3, -0.25) is 4.79 Å². The molecule has 0 aliphatic rings. The minimum atomic E-state index is -0.665. The first-order chi connectivity index (χ1) is 8.97. The predicted octanol–water partition coefficient (Wildman–Crippen LogP) is 4.70. The Balaban J connectivity index is 2.30. The van der Waals surface area contributed by atoms with E-state index in [1.807, 2.05) is 0 Å². The van der Waals surface area contributed by atoms with E-state index in [1.165, 1.54) is 24.3 Å². The molecule has 0 spiro atoms. The molecule has 0 radical (unpaired) electrons. The van der Waals surface area contributed by atoms with Gasteiger partial charge in [0.2, 0.25) is 0 Å². The highest BCUT2D eigenvalue weighted by Crippen LogP contribution is 2.21. The number of benzene rings is 2. The molecule has 0 fully saturated rings. The average Bonchev–Trinajstić information content (AvgIpc) is 2.36. The van der Waals surface area contributed by atoms with Gasteiger partial charge in [-0.25, -0.2) is 8.78 Å². The summed E-state index contributed by atoms with van der Waals surface area (Å²) >= 11 is 11.6. The van der Waals surface area contributed by atoms with Crippen molar-refractivity contribution in [2.24, 2.45) is 0 Å². The highest BCUT2D eigenvalue weighted by molar-refractivity contribution is 6.32. The van der Waals surface area contributed by atoms with E-state index in [0.717, 1.165) is 12.1 Å². The first kappa shape index (κ1) is 14.0. The minimum absolute atomic E-state index is 0.132. The van der Waals surface area contributed by atoms with E-state index in [1.54, 1.807) is 0 Å². The highest BCUT2D eigenvalue weighted by atomic mass is 35.5. The van der Waals surface area contributed by atoms with Crippen LogP contribution in [0.15, 0.2) is 36.4 Å². The van der Waals surface area contributed by atoms with Crippen LogP contribution in [0.2, 0.25) is 10.0 Å². The topological polar surface area (TPSA) is 17.1 Å². The number of carbonyl (C=O) groups excluding carboxylic acids is 1. The Hall–Kier alpha value is -1.45. The largest absolute Gasteiger partial charge is 0.294 e. The zero-order valence-electron chi connectivity index (χ0n) is 9.59. The van der Waals surface area contributed by atoms with Crippen LogP contribution in [0.25, 0.3) is 0 Å². The molecule has 0 aliphatic carbocycles. The standard InChI is InChI=1S/C14H8Cl2F2O/c15-9-1-4-13(18)11(7-9)14(19)6-8-5-10(17)2-3-12(8)16/h1-5,7H,6H2. The van der Waals surface area contributed by atoms with Crippen LogP contribution in [-0.4, -0.2) is 5.78 Å². The van der Waals surface area contributed by atoms with Gasteiger partial charge in [-0.2, -0.15) is 0 Å². The Morgan fingerprint density at radius 3 is 2.53 bits per heavy atom. The van der Waals surface area contributed by atoms with Crippen LogP contribution in [0.5, 0.6) is 0 Å². The first-order valence-corrected chi connectivity index (χ1v) is 6.15. The quantitative estimate of drug-likeness (QED) is 0.751. The van der Waals surface area contributed by atoms with Crippen molar-refractivity contribution in [1.82, 2.24) is 0 Å². The van der Waals surface area contributed by atoms with E-state index in [-0.39, 0.29) is 22.0 Å². The zero-order chi connectivity index (χ0) is 14.0. The molecule has 1 nitrogen and oxygen atoms in total. The first-order valence-electron chi connectivity index (χ1n) is 5.39. The molecule has 0 bridgehead atoms. The molecular weight excluding hydrogens is 293 g/mol. The third-order valence-electron chi connectivity index (χ3n) is 2.59. The third kappa shape index (κ3) is 3.31. The lowest BCUT2D eigenvalue weighted by Crippen LogP contribution is -2.07. The van der Waals surface area contributed by atoms with Gasteiger partial charge >= 0.3 is 0 Å². The Labute approximate surface area is 118 Å². The zero-order valence-corrected chi connectivity index (χ0v) is 11.1. The molecule has 5 heteroatoms. The predicted molar refractivity (Wildman–Crippen MR) is 70.9 cm³/mol. The summed E-state index contributed by atoms with van der Waals surface area (Å²) in [6.07, 6.45) is -0.187. The summed E-state index contributed by atoms with van der Waals surface area (Å²) < 4.78 is 26.6. The van der Waals surface area contributed by atoms with Crippen LogP contribution in [0.4, 0.5) is 8.78 Å². The molecule has 98 valence electrons. The van der Waals surface area contributed by atoms with Gasteiger partial charge in [-0.15, -0.1) is 0 Å². The molecule has 2 rings (SSSR count). The lowest BCUT2D eigenvalue weighted by Gasteiger charge is -2.05. The van der Waals surface area contributed by atoms with Crippen molar-refractivity contribution in [2.45, 2.75) is 6.42 Å². The molecule has 0 aliphatic heterocycles. The van der Waals surface area contributed by atoms with Crippen LogP contribution >= 0.6 is 23.2 Å². The van der Waals surface area contributed by atoms with Crippen LogP contribution < -0.4 is 0 Å². The van der Waals surface area contributed by atoms with Crippen molar-refractivity contribution >= 4 is 29.0 Å². The number of hydrogen-bond acceptors (Lipinski definition) is 1. The molecule has 0 N–H and O–H groups in total. The molecule has 0 amide bonds. The summed E-state index contributed by atoms with van der Waals surface area (Å²) in [7, 11) is 0. The Bertz CT molecular complexity index is 641. The summed E-state index contributed by atoms with van der Waals surface area (Å²) in [4.78, 5) is 12.0. The molecule has 2 aromatic carbocycles. The molecule has 19 heavy (non-hydrogen) atoms. The van der Waals surface area contributed by atoms with Crippen molar-refractivity contribution in [3.63, 3.8) is 0 Å². The molecule has 0 atom stereocenters. The van der Waals surface area contributed by atoms with Crippen molar-refractivity contribution < 1.29 is 13.6 Å². The maximum absolute atomic E-state index is 13.5. The van der Waals surface area contributed by atoms with Gasteiger partial charge in [-0.05, 0) is 42.0 Å². The van der Waals surface area contributed by atoms with E-state index < -0.39 is 17.4 Å². The Morgan fingerprint density at radius 2 is 1.79 bits per heavy atom. The summed E-state index contributed by atoms with van der Waals surface area (Å²) in [5.74, 6) is -1.67. The van der Waals surface area contributed by atoms with E-state index >= 15 is 0 Å². The molecule has 0 unspecified atom stereocenters. The maximum atomic E-state index is 13.5. The van der Waals surface area contributed by atoms with Crippen LogP contribution in [0.1, 0.15) is 15.9 Å². The summed E-state index contributed by atoms with van der Waals surface area (Å²) in [6.45, 7) is 0. The summed E-state index contributed by atoms with van der Waals surface area (Å²) in [5, 5.41) is 0.521. The van der Waals surface area contributed by atoms with Crippen molar-refractivity contribution in [3.05, 3.63) is 69.2 Å². The van der Waals surface area contributed by atoms with E-state index in [9.17, 15) is 13.6 Å². The molecular formula is C14H8Cl2F2O. The average molecular weight is 301 g/mol. The van der Waals surface area contributed by atoms with Gasteiger partial charge in [0.05, 0.1) is 5.56 Å². The van der Waals surface area contributed by atoms with Crippen molar-refractivity contribution in [2.75, 3.05) is 0 Å². The van der Waals surface area contributed by atoms with Gasteiger partial charge in [0.15, 0.2) is 5.78 Å².